The summed E-state index contributed by atoms with van der Waals surface area (Å²) in [4.78, 5) is 0. The second-order valence-corrected chi connectivity index (χ2v) is 5.41. The number of alkyl halides is 3. The van der Waals surface area contributed by atoms with Gasteiger partial charge in [-0.2, -0.15) is 13.2 Å². The van der Waals surface area contributed by atoms with Gasteiger partial charge in [-0.25, -0.2) is 0 Å². The maximum Gasteiger partial charge on any atom is 0.416 e. The van der Waals surface area contributed by atoms with Gasteiger partial charge in [0.05, 0.1) is 5.56 Å². The molecular formula is C21H15F3. The highest BCUT2D eigenvalue weighted by atomic mass is 19.4. The second kappa shape index (κ2) is 6.75. The van der Waals surface area contributed by atoms with E-state index < -0.39 is 11.7 Å². The molecule has 0 unspecified atom stereocenters. The zero-order valence-corrected chi connectivity index (χ0v) is 12.8. The number of halogens is 3. The molecule has 3 aromatic rings. The molecule has 0 fully saturated rings. The second-order valence-electron chi connectivity index (χ2n) is 5.41. The van der Waals surface area contributed by atoms with Gasteiger partial charge < -0.3 is 0 Å². The summed E-state index contributed by atoms with van der Waals surface area (Å²) in [5.41, 5.74) is 2.47. The first kappa shape index (κ1) is 16.1. The number of hydrogen-bond acceptors (Lipinski definition) is 0. The summed E-state index contributed by atoms with van der Waals surface area (Å²) in [5.74, 6) is 0. The van der Waals surface area contributed by atoms with Crippen LogP contribution in [-0.4, -0.2) is 0 Å². The Morgan fingerprint density at radius 2 is 1.25 bits per heavy atom. The van der Waals surface area contributed by atoms with E-state index >= 15 is 0 Å². The molecule has 0 saturated heterocycles. The van der Waals surface area contributed by atoms with Crippen molar-refractivity contribution in [2.75, 3.05) is 0 Å². The summed E-state index contributed by atoms with van der Waals surface area (Å²) in [5, 5.41) is 0. The van der Waals surface area contributed by atoms with Crippen LogP contribution in [0.15, 0.2) is 84.9 Å². The SMILES string of the molecule is FC(F)(F)c1cccc(C(=Cc2ccccc2)c2ccccc2)c1. The third-order valence-electron chi connectivity index (χ3n) is 3.70. The van der Waals surface area contributed by atoms with E-state index in [0.717, 1.165) is 22.8 Å². The van der Waals surface area contributed by atoms with E-state index in [-0.39, 0.29) is 0 Å². The van der Waals surface area contributed by atoms with Gasteiger partial charge in [0.15, 0.2) is 0 Å². The summed E-state index contributed by atoms with van der Waals surface area (Å²) < 4.78 is 39.1. The zero-order valence-electron chi connectivity index (χ0n) is 12.8. The minimum absolute atomic E-state index is 0.542. The normalized spacial score (nSPS) is 12.2. The van der Waals surface area contributed by atoms with Gasteiger partial charge in [-0.15, -0.1) is 0 Å². The highest BCUT2D eigenvalue weighted by Gasteiger charge is 2.30. The van der Waals surface area contributed by atoms with Crippen molar-refractivity contribution in [3.8, 4) is 0 Å². The summed E-state index contributed by atoms with van der Waals surface area (Å²) >= 11 is 0. The Morgan fingerprint density at radius 3 is 1.88 bits per heavy atom. The zero-order chi connectivity index (χ0) is 17.0. The average Bonchev–Trinajstić information content (AvgIpc) is 2.61. The Hall–Kier alpha value is -2.81. The summed E-state index contributed by atoms with van der Waals surface area (Å²) in [6, 6.07) is 24.4. The highest BCUT2D eigenvalue weighted by Crippen LogP contribution is 2.33. The molecule has 0 aliphatic carbocycles. The molecule has 0 radical (unpaired) electrons. The lowest BCUT2D eigenvalue weighted by molar-refractivity contribution is -0.137. The number of rotatable bonds is 3. The lowest BCUT2D eigenvalue weighted by Crippen LogP contribution is -2.05. The van der Waals surface area contributed by atoms with Crippen LogP contribution >= 0.6 is 0 Å². The minimum atomic E-state index is -4.36. The fourth-order valence-corrected chi connectivity index (χ4v) is 2.53. The van der Waals surface area contributed by atoms with Crippen LogP contribution in [0.1, 0.15) is 22.3 Å². The van der Waals surface area contributed by atoms with Gasteiger partial charge >= 0.3 is 6.18 Å². The van der Waals surface area contributed by atoms with Crippen molar-refractivity contribution in [3.05, 3.63) is 107 Å². The van der Waals surface area contributed by atoms with Gasteiger partial charge in [-0.05, 0) is 40.5 Å². The molecule has 0 atom stereocenters. The predicted molar refractivity (Wildman–Crippen MR) is 91.3 cm³/mol. The van der Waals surface area contributed by atoms with Crippen molar-refractivity contribution >= 4 is 11.6 Å². The van der Waals surface area contributed by atoms with Crippen molar-refractivity contribution in [1.29, 1.82) is 0 Å². The molecule has 0 aliphatic heterocycles. The fourth-order valence-electron chi connectivity index (χ4n) is 2.53. The van der Waals surface area contributed by atoms with Crippen LogP contribution in [-0.2, 0) is 6.18 Å². The van der Waals surface area contributed by atoms with Crippen molar-refractivity contribution < 1.29 is 13.2 Å². The fraction of sp³-hybridized carbons (Fsp3) is 0.0476. The first-order valence-electron chi connectivity index (χ1n) is 7.54. The summed E-state index contributed by atoms with van der Waals surface area (Å²) in [6.45, 7) is 0. The molecule has 0 aliphatic rings. The van der Waals surface area contributed by atoms with E-state index in [9.17, 15) is 13.2 Å². The number of hydrogen-bond donors (Lipinski definition) is 0. The molecule has 0 heterocycles. The van der Waals surface area contributed by atoms with E-state index in [1.54, 1.807) is 6.07 Å². The van der Waals surface area contributed by atoms with Crippen LogP contribution in [0.25, 0.3) is 11.6 Å². The van der Waals surface area contributed by atoms with Gasteiger partial charge in [0.2, 0.25) is 0 Å². The summed E-state index contributed by atoms with van der Waals surface area (Å²) in [6.07, 6.45) is -2.45. The van der Waals surface area contributed by atoms with Crippen LogP contribution < -0.4 is 0 Å². The molecule has 120 valence electrons. The maximum absolute atomic E-state index is 13.0. The molecule has 3 heteroatoms. The maximum atomic E-state index is 13.0. The van der Waals surface area contributed by atoms with E-state index in [4.69, 9.17) is 0 Å². The van der Waals surface area contributed by atoms with E-state index in [1.165, 1.54) is 12.1 Å². The largest absolute Gasteiger partial charge is 0.416 e. The topological polar surface area (TPSA) is 0 Å². The molecule has 24 heavy (non-hydrogen) atoms. The molecule has 3 rings (SSSR count). The average molecular weight is 324 g/mol. The predicted octanol–water partition coefficient (Wildman–Crippen LogP) is 6.29. The van der Waals surface area contributed by atoms with Crippen molar-refractivity contribution in [2.24, 2.45) is 0 Å². The third kappa shape index (κ3) is 3.74. The molecular weight excluding hydrogens is 309 g/mol. The van der Waals surface area contributed by atoms with Crippen molar-refractivity contribution in [1.82, 2.24) is 0 Å². The first-order valence-corrected chi connectivity index (χ1v) is 7.54. The van der Waals surface area contributed by atoms with Gasteiger partial charge in [0.25, 0.3) is 0 Å². The van der Waals surface area contributed by atoms with Crippen LogP contribution in [0.5, 0.6) is 0 Å². The lowest BCUT2D eigenvalue weighted by atomic mass is 9.94. The molecule has 0 spiro atoms. The molecule has 3 aromatic carbocycles. The minimum Gasteiger partial charge on any atom is -0.166 e. The van der Waals surface area contributed by atoms with Crippen LogP contribution in [0.3, 0.4) is 0 Å². The van der Waals surface area contributed by atoms with E-state index in [1.807, 2.05) is 66.7 Å². The van der Waals surface area contributed by atoms with Gasteiger partial charge in [0, 0.05) is 0 Å². The lowest BCUT2D eigenvalue weighted by Gasteiger charge is -2.12. The Morgan fingerprint density at radius 1 is 0.667 bits per heavy atom. The molecule has 0 aromatic heterocycles. The van der Waals surface area contributed by atoms with Crippen molar-refractivity contribution in [2.45, 2.75) is 6.18 Å². The molecule has 0 amide bonds. The van der Waals surface area contributed by atoms with Gasteiger partial charge in [-0.3, -0.25) is 0 Å². The first-order chi connectivity index (χ1) is 11.5. The molecule has 0 N–H and O–H groups in total. The Bertz CT molecular complexity index is 832. The Balaban J connectivity index is 2.14. The standard InChI is InChI=1S/C21H15F3/c22-21(23,24)19-13-7-12-18(15-19)20(17-10-5-2-6-11-17)14-16-8-3-1-4-9-16/h1-15H. The van der Waals surface area contributed by atoms with E-state index in [2.05, 4.69) is 0 Å². The van der Waals surface area contributed by atoms with Gasteiger partial charge in [-0.1, -0.05) is 72.8 Å². The van der Waals surface area contributed by atoms with Gasteiger partial charge in [0.1, 0.15) is 0 Å². The van der Waals surface area contributed by atoms with Crippen LogP contribution in [0, 0.1) is 0 Å². The Labute approximate surface area is 138 Å². The number of benzene rings is 3. The van der Waals surface area contributed by atoms with Crippen LogP contribution in [0.2, 0.25) is 0 Å². The van der Waals surface area contributed by atoms with E-state index in [0.29, 0.717) is 5.56 Å². The summed E-state index contributed by atoms with van der Waals surface area (Å²) in [7, 11) is 0. The van der Waals surface area contributed by atoms with Crippen LogP contribution in [0.4, 0.5) is 13.2 Å². The monoisotopic (exact) mass is 324 g/mol. The molecule has 0 bridgehead atoms. The highest BCUT2D eigenvalue weighted by molar-refractivity contribution is 5.91. The Kier molecular flexibility index (Phi) is 4.52. The smallest absolute Gasteiger partial charge is 0.166 e. The molecule has 0 saturated carbocycles. The molecule has 0 nitrogen and oxygen atoms in total. The van der Waals surface area contributed by atoms with Crippen molar-refractivity contribution in [3.63, 3.8) is 0 Å². The quantitative estimate of drug-likeness (QED) is 0.496. The third-order valence-corrected chi connectivity index (χ3v) is 3.70.